The molecule has 4 heteroatoms. The van der Waals surface area contributed by atoms with Gasteiger partial charge in [0.2, 0.25) is 0 Å². The molecule has 2 rings (SSSR count). The number of hydrogen-bond donors (Lipinski definition) is 2. The topological polar surface area (TPSA) is 49.3 Å². The molecule has 1 aromatic carbocycles. The molecule has 0 fully saturated rings. The Labute approximate surface area is 129 Å². The number of carbonyl (C=O) groups is 1. The van der Waals surface area contributed by atoms with Crippen molar-refractivity contribution < 1.29 is 9.90 Å². The Kier molecular flexibility index (Phi) is 5.53. The highest BCUT2D eigenvalue weighted by Gasteiger charge is 2.16. The van der Waals surface area contributed by atoms with Gasteiger partial charge in [0.15, 0.2) is 0 Å². The van der Waals surface area contributed by atoms with Crippen molar-refractivity contribution in [2.45, 2.75) is 32.7 Å². The normalized spacial score (nSPS) is 12.1. The van der Waals surface area contributed by atoms with Crippen molar-refractivity contribution in [3.8, 4) is 0 Å². The Bertz CT molecular complexity index is 592. The van der Waals surface area contributed by atoms with E-state index in [9.17, 15) is 9.90 Å². The number of aryl methyl sites for hydroxylation is 2. The summed E-state index contributed by atoms with van der Waals surface area (Å²) in [5.74, 6) is -0.0993. The molecular formula is C17H21NO2S. The maximum absolute atomic E-state index is 12.3. The first-order valence-corrected chi connectivity index (χ1v) is 8.00. The average Bonchev–Trinajstić information content (AvgIpc) is 2.88. The van der Waals surface area contributed by atoms with Crippen molar-refractivity contribution in [2.75, 3.05) is 6.61 Å². The lowest BCUT2D eigenvalue weighted by Crippen LogP contribution is -2.38. The summed E-state index contributed by atoms with van der Waals surface area (Å²) in [4.78, 5) is 14.2. The molecule has 0 radical (unpaired) electrons. The quantitative estimate of drug-likeness (QED) is 0.862. The van der Waals surface area contributed by atoms with Gasteiger partial charge in [-0.05, 0) is 37.0 Å². The fourth-order valence-corrected chi connectivity index (χ4v) is 3.32. The van der Waals surface area contributed by atoms with Gasteiger partial charge in [0, 0.05) is 4.88 Å². The molecule has 0 aliphatic rings. The number of aliphatic hydroxyl groups is 1. The molecule has 0 aliphatic carbocycles. The number of aliphatic hydroxyl groups excluding tert-OH is 1. The van der Waals surface area contributed by atoms with Gasteiger partial charge in [0.1, 0.15) is 0 Å². The average molecular weight is 303 g/mol. The number of rotatable bonds is 6. The minimum Gasteiger partial charge on any atom is -0.394 e. The minimum atomic E-state index is -0.257. The number of benzene rings is 1. The Morgan fingerprint density at radius 1 is 1.33 bits per heavy atom. The zero-order valence-electron chi connectivity index (χ0n) is 12.4. The fourth-order valence-electron chi connectivity index (χ4n) is 2.30. The second kappa shape index (κ2) is 7.38. The van der Waals surface area contributed by atoms with Crippen LogP contribution in [0.15, 0.2) is 36.4 Å². The van der Waals surface area contributed by atoms with Gasteiger partial charge in [0.05, 0.1) is 17.5 Å². The SMILES string of the molecule is CCc1cc(C(=O)N[C@@H](CO)Cc2ccccc2)sc1C. The molecule has 1 aromatic heterocycles. The molecule has 1 heterocycles. The van der Waals surface area contributed by atoms with E-state index in [1.807, 2.05) is 43.3 Å². The number of thiophene rings is 1. The predicted molar refractivity (Wildman–Crippen MR) is 86.9 cm³/mol. The molecule has 2 N–H and O–H groups in total. The third-order valence-electron chi connectivity index (χ3n) is 3.51. The lowest BCUT2D eigenvalue weighted by atomic mass is 10.1. The largest absolute Gasteiger partial charge is 0.394 e. The van der Waals surface area contributed by atoms with E-state index in [4.69, 9.17) is 0 Å². The Morgan fingerprint density at radius 2 is 2.05 bits per heavy atom. The van der Waals surface area contributed by atoms with E-state index in [0.29, 0.717) is 6.42 Å². The van der Waals surface area contributed by atoms with Crippen LogP contribution in [0.4, 0.5) is 0 Å². The number of nitrogens with one attached hydrogen (secondary N) is 1. The molecule has 3 nitrogen and oxygen atoms in total. The summed E-state index contributed by atoms with van der Waals surface area (Å²) in [6.07, 6.45) is 1.57. The minimum absolute atomic E-state index is 0.0639. The monoisotopic (exact) mass is 303 g/mol. The Balaban J connectivity index is 2.02. The summed E-state index contributed by atoms with van der Waals surface area (Å²) in [5.41, 5.74) is 2.32. The van der Waals surface area contributed by atoms with E-state index >= 15 is 0 Å². The maximum Gasteiger partial charge on any atom is 0.261 e. The van der Waals surface area contributed by atoms with Gasteiger partial charge in [-0.2, -0.15) is 0 Å². The van der Waals surface area contributed by atoms with Crippen molar-refractivity contribution >= 4 is 17.2 Å². The van der Waals surface area contributed by atoms with Gasteiger partial charge in [-0.25, -0.2) is 0 Å². The molecule has 0 aliphatic heterocycles. The van der Waals surface area contributed by atoms with Gasteiger partial charge in [0.25, 0.3) is 5.91 Å². The van der Waals surface area contributed by atoms with Crippen LogP contribution in [0.3, 0.4) is 0 Å². The van der Waals surface area contributed by atoms with Crippen LogP contribution >= 0.6 is 11.3 Å². The highest BCUT2D eigenvalue weighted by Crippen LogP contribution is 2.22. The maximum atomic E-state index is 12.3. The van der Waals surface area contributed by atoms with Crippen molar-refractivity contribution in [1.29, 1.82) is 0 Å². The van der Waals surface area contributed by atoms with E-state index in [1.165, 1.54) is 21.8 Å². The Hall–Kier alpha value is -1.65. The highest BCUT2D eigenvalue weighted by atomic mass is 32.1. The molecule has 0 bridgehead atoms. The molecule has 112 valence electrons. The van der Waals surface area contributed by atoms with Crippen LogP contribution in [0, 0.1) is 6.92 Å². The molecular weight excluding hydrogens is 282 g/mol. The molecule has 0 saturated heterocycles. The lowest BCUT2D eigenvalue weighted by molar-refractivity contribution is 0.0920. The lowest BCUT2D eigenvalue weighted by Gasteiger charge is -2.15. The van der Waals surface area contributed by atoms with Gasteiger partial charge in [-0.15, -0.1) is 11.3 Å². The molecule has 2 aromatic rings. The van der Waals surface area contributed by atoms with Gasteiger partial charge < -0.3 is 10.4 Å². The summed E-state index contributed by atoms with van der Waals surface area (Å²) in [6, 6.07) is 11.6. The number of hydrogen-bond acceptors (Lipinski definition) is 3. The van der Waals surface area contributed by atoms with E-state index in [1.54, 1.807) is 0 Å². The number of amides is 1. The molecule has 21 heavy (non-hydrogen) atoms. The summed E-state index contributed by atoms with van der Waals surface area (Å²) in [6.45, 7) is 4.06. The van der Waals surface area contributed by atoms with Crippen LogP contribution in [-0.2, 0) is 12.8 Å². The summed E-state index contributed by atoms with van der Waals surface area (Å²) < 4.78 is 0. The van der Waals surface area contributed by atoms with Gasteiger partial charge in [-0.3, -0.25) is 4.79 Å². The number of carbonyl (C=O) groups excluding carboxylic acids is 1. The third-order valence-corrected chi connectivity index (χ3v) is 4.60. The van der Waals surface area contributed by atoms with E-state index in [0.717, 1.165) is 16.9 Å². The summed E-state index contributed by atoms with van der Waals surface area (Å²) in [7, 11) is 0. The van der Waals surface area contributed by atoms with Crippen LogP contribution in [-0.4, -0.2) is 23.7 Å². The first-order valence-electron chi connectivity index (χ1n) is 7.19. The van der Waals surface area contributed by atoms with Gasteiger partial charge >= 0.3 is 0 Å². The van der Waals surface area contributed by atoms with Crippen molar-refractivity contribution in [2.24, 2.45) is 0 Å². The predicted octanol–water partition coefficient (Wildman–Crippen LogP) is 2.95. The third kappa shape index (κ3) is 4.16. The van der Waals surface area contributed by atoms with Crippen molar-refractivity contribution in [1.82, 2.24) is 5.32 Å². The smallest absolute Gasteiger partial charge is 0.261 e. The van der Waals surface area contributed by atoms with Crippen LogP contribution < -0.4 is 5.32 Å². The first kappa shape index (κ1) is 15.7. The van der Waals surface area contributed by atoms with Crippen molar-refractivity contribution in [3.63, 3.8) is 0 Å². The summed E-state index contributed by atoms with van der Waals surface area (Å²) >= 11 is 1.51. The second-order valence-electron chi connectivity index (χ2n) is 5.09. The molecule has 0 saturated carbocycles. The van der Waals surface area contributed by atoms with Crippen LogP contribution in [0.2, 0.25) is 0 Å². The Morgan fingerprint density at radius 3 is 2.62 bits per heavy atom. The van der Waals surface area contributed by atoms with Crippen LogP contribution in [0.5, 0.6) is 0 Å². The second-order valence-corrected chi connectivity index (χ2v) is 6.34. The standard InChI is InChI=1S/C17H21NO2S/c1-3-14-10-16(21-12(14)2)17(20)18-15(11-19)9-13-7-5-4-6-8-13/h4-8,10,15,19H,3,9,11H2,1-2H3,(H,18,20)/t15-/m1/s1. The van der Waals surface area contributed by atoms with Crippen LogP contribution in [0.25, 0.3) is 0 Å². The molecule has 0 spiro atoms. The molecule has 1 atom stereocenters. The molecule has 1 amide bonds. The zero-order valence-corrected chi connectivity index (χ0v) is 13.2. The van der Waals surface area contributed by atoms with E-state index in [-0.39, 0.29) is 18.6 Å². The van der Waals surface area contributed by atoms with Gasteiger partial charge in [-0.1, -0.05) is 37.3 Å². The van der Waals surface area contributed by atoms with E-state index in [2.05, 4.69) is 12.2 Å². The molecule has 0 unspecified atom stereocenters. The summed E-state index contributed by atoms with van der Waals surface area (Å²) in [5, 5.41) is 12.4. The van der Waals surface area contributed by atoms with Crippen molar-refractivity contribution in [3.05, 3.63) is 57.3 Å². The van der Waals surface area contributed by atoms with E-state index < -0.39 is 0 Å². The fraction of sp³-hybridized carbons (Fsp3) is 0.353. The zero-order chi connectivity index (χ0) is 15.2. The highest BCUT2D eigenvalue weighted by molar-refractivity contribution is 7.14. The first-order chi connectivity index (χ1) is 10.1. The van der Waals surface area contributed by atoms with Crippen LogP contribution in [0.1, 0.15) is 32.6 Å².